The number of hydrogen-bond donors (Lipinski definition) is 1. The van der Waals surface area contributed by atoms with Crippen molar-refractivity contribution >= 4 is 0 Å². The molecular weight excluding hydrogens is 119 g/mol. The Hall–Kier alpha value is 1.20. The van der Waals surface area contributed by atoms with E-state index in [1.54, 1.807) is 0 Å². The van der Waals surface area contributed by atoms with Crippen molar-refractivity contribution in [3.63, 3.8) is 0 Å². The van der Waals surface area contributed by atoms with Crippen LogP contribution in [-0.2, 0) is 0 Å². The van der Waals surface area contributed by atoms with Crippen LogP contribution in [0.3, 0.4) is 0 Å². The van der Waals surface area contributed by atoms with Gasteiger partial charge in [-0.1, -0.05) is 0 Å². The molecule has 4 heteroatoms. The SMILES string of the molecule is N=NCCC[O-].[K+]. The van der Waals surface area contributed by atoms with Crippen LogP contribution in [0.15, 0.2) is 5.11 Å². The molecule has 0 radical (unpaired) electrons. The van der Waals surface area contributed by atoms with Crippen LogP contribution in [0.25, 0.3) is 0 Å². The fourth-order valence-corrected chi connectivity index (χ4v) is 0.144. The molecule has 0 aromatic rings. The van der Waals surface area contributed by atoms with Crippen LogP contribution in [0.5, 0.6) is 0 Å². The monoisotopic (exact) mass is 126 g/mol. The van der Waals surface area contributed by atoms with Crippen LogP contribution in [-0.4, -0.2) is 13.2 Å². The van der Waals surface area contributed by atoms with Crippen molar-refractivity contribution < 1.29 is 56.5 Å². The molecule has 36 valence electrons. The van der Waals surface area contributed by atoms with Gasteiger partial charge < -0.3 is 5.11 Å². The number of hydrogen-bond acceptors (Lipinski definition) is 3. The maximum absolute atomic E-state index is 9.55. The van der Waals surface area contributed by atoms with Crippen LogP contribution < -0.4 is 56.5 Å². The Morgan fingerprint density at radius 2 is 2.14 bits per heavy atom. The van der Waals surface area contributed by atoms with Gasteiger partial charge in [0.2, 0.25) is 0 Å². The zero-order valence-corrected chi connectivity index (χ0v) is 7.60. The molecule has 7 heavy (non-hydrogen) atoms. The van der Waals surface area contributed by atoms with Crippen LogP contribution in [0.4, 0.5) is 0 Å². The molecule has 0 aromatic carbocycles. The smallest absolute Gasteiger partial charge is 0.854 e. The molecule has 0 unspecified atom stereocenters. The molecule has 0 aliphatic carbocycles. The average Bonchev–Trinajstić information content (AvgIpc) is 1.61. The van der Waals surface area contributed by atoms with Gasteiger partial charge in [-0.25, -0.2) is 5.53 Å². The Bertz CT molecular complexity index is 41.9. The standard InChI is InChI=1S/C3H7N2O.K/c4-5-2-1-3-6;/h4H,1-3H2;/q-1;+1. The van der Waals surface area contributed by atoms with Crippen molar-refractivity contribution in [1.82, 2.24) is 0 Å². The molecule has 3 nitrogen and oxygen atoms in total. The molecule has 0 aliphatic rings. The molecule has 0 aromatic heterocycles. The van der Waals surface area contributed by atoms with Crippen molar-refractivity contribution in [1.29, 1.82) is 5.53 Å². The molecule has 0 saturated carbocycles. The summed E-state index contributed by atoms with van der Waals surface area (Å²) in [5, 5.41) is 12.5. The third-order valence-corrected chi connectivity index (χ3v) is 0.414. The first-order valence-corrected chi connectivity index (χ1v) is 1.83. The summed E-state index contributed by atoms with van der Waals surface area (Å²) >= 11 is 0. The fourth-order valence-electron chi connectivity index (χ4n) is 0.144. The maximum Gasteiger partial charge on any atom is 1.00 e. The van der Waals surface area contributed by atoms with Gasteiger partial charge in [-0.3, -0.25) is 0 Å². The first kappa shape index (κ1) is 11.1. The van der Waals surface area contributed by atoms with Gasteiger partial charge in [0.05, 0.1) is 6.54 Å². The van der Waals surface area contributed by atoms with Gasteiger partial charge >= 0.3 is 51.4 Å². The van der Waals surface area contributed by atoms with Crippen LogP contribution in [0.1, 0.15) is 6.42 Å². The third kappa shape index (κ3) is 11.0. The molecule has 0 heterocycles. The summed E-state index contributed by atoms with van der Waals surface area (Å²) in [5.74, 6) is 0. The Morgan fingerprint density at radius 1 is 1.57 bits per heavy atom. The Morgan fingerprint density at radius 3 is 2.29 bits per heavy atom. The average molecular weight is 126 g/mol. The van der Waals surface area contributed by atoms with Gasteiger partial charge in [0.25, 0.3) is 0 Å². The van der Waals surface area contributed by atoms with E-state index in [1.807, 2.05) is 0 Å². The second-order valence-electron chi connectivity index (χ2n) is 0.939. The second kappa shape index (κ2) is 10.2. The van der Waals surface area contributed by atoms with E-state index in [2.05, 4.69) is 5.11 Å². The van der Waals surface area contributed by atoms with E-state index >= 15 is 0 Å². The molecule has 0 spiro atoms. The zero-order valence-electron chi connectivity index (χ0n) is 4.48. The summed E-state index contributed by atoms with van der Waals surface area (Å²) in [5.41, 5.74) is 6.19. The fraction of sp³-hybridized carbons (Fsp3) is 1.00. The molecular formula is C3H7KN2O. The molecule has 0 fully saturated rings. The first-order chi connectivity index (χ1) is 2.91. The van der Waals surface area contributed by atoms with Crippen LogP contribution >= 0.6 is 0 Å². The van der Waals surface area contributed by atoms with E-state index in [0.717, 1.165) is 0 Å². The van der Waals surface area contributed by atoms with Crippen molar-refractivity contribution in [2.75, 3.05) is 13.2 Å². The van der Waals surface area contributed by atoms with E-state index in [4.69, 9.17) is 5.53 Å². The second-order valence-corrected chi connectivity index (χ2v) is 0.939. The number of nitrogens with zero attached hydrogens (tertiary/aromatic N) is 1. The molecule has 0 aliphatic heterocycles. The van der Waals surface area contributed by atoms with E-state index in [0.29, 0.717) is 13.0 Å². The quantitative estimate of drug-likeness (QED) is 0.241. The molecule has 0 saturated heterocycles. The summed E-state index contributed by atoms with van der Waals surface area (Å²) < 4.78 is 0. The van der Waals surface area contributed by atoms with Crippen LogP contribution in [0.2, 0.25) is 0 Å². The van der Waals surface area contributed by atoms with Gasteiger partial charge in [0.1, 0.15) is 0 Å². The van der Waals surface area contributed by atoms with E-state index in [9.17, 15) is 5.11 Å². The minimum atomic E-state index is -0.109. The minimum Gasteiger partial charge on any atom is -0.854 e. The summed E-state index contributed by atoms with van der Waals surface area (Å²) in [6.07, 6.45) is 0.503. The van der Waals surface area contributed by atoms with Crippen molar-refractivity contribution in [2.24, 2.45) is 5.11 Å². The Kier molecular flexibility index (Phi) is 16.2. The van der Waals surface area contributed by atoms with Gasteiger partial charge in [-0.2, -0.15) is 5.11 Å². The molecule has 1 N–H and O–H groups in total. The van der Waals surface area contributed by atoms with Crippen molar-refractivity contribution in [2.45, 2.75) is 6.42 Å². The van der Waals surface area contributed by atoms with Crippen LogP contribution in [0, 0.1) is 5.53 Å². The van der Waals surface area contributed by atoms with Crippen molar-refractivity contribution in [3.8, 4) is 0 Å². The minimum absolute atomic E-state index is 0. The Balaban J connectivity index is 0. The summed E-state index contributed by atoms with van der Waals surface area (Å²) in [6.45, 7) is 0.284. The van der Waals surface area contributed by atoms with E-state index in [1.165, 1.54) is 0 Å². The van der Waals surface area contributed by atoms with E-state index in [-0.39, 0.29) is 58.0 Å². The van der Waals surface area contributed by atoms with Gasteiger partial charge in [-0.15, -0.1) is 6.61 Å². The van der Waals surface area contributed by atoms with Gasteiger partial charge in [-0.05, 0) is 6.42 Å². The topological polar surface area (TPSA) is 59.3 Å². The largest absolute Gasteiger partial charge is 1.00 e. The molecule has 0 atom stereocenters. The predicted molar refractivity (Wildman–Crippen MR) is 19.5 cm³/mol. The first-order valence-electron chi connectivity index (χ1n) is 1.83. The Labute approximate surface area is 85.4 Å². The normalized spacial score (nSPS) is 7.00. The van der Waals surface area contributed by atoms with Gasteiger partial charge in [0.15, 0.2) is 0 Å². The zero-order chi connectivity index (χ0) is 4.83. The van der Waals surface area contributed by atoms with E-state index < -0.39 is 0 Å². The summed E-state index contributed by atoms with van der Waals surface area (Å²) in [4.78, 5) is 0. The predicted octanol–water partition coefficient (Wildman–Crippen LogP) is -3.23. The van der Waals surface area contributed by atoms with Crippen molar-refractivity contribution in [3.05, 3.63) is 0 Å². The molecule has 0 amide bonds. The number of rotatable bonds is 3. The molecule has 0 bridgehead atoms. The number of nitrogens with one attached hydrogen (secondary N) is 1. The van der Waals surface area contributed by atoms with Gasteiger partial charge in [0, 0.05) is 0 Å². The summed E-state index contributed by atoms with van der Waals surface area (Å²) in [6, 6.07) is 0. The third-order valence-electron chi connectivity index (χ3n) is 0.414. The summed E-state index contributed by atoms with van der Waals surface area (Å²) in [7, 11) is 0. The molecule has 0 rings (SSSR count). The maximum atomic E-state index is 9.55.